The Kier molecular flexibility index (Phi) is 5.06. The van der Waals surface area contributed by atoms with Gasteiger partial charge in [-0.15, -0.1) is 0 Å². The fourth-order valence-corrected chi connectivity index (χ4v) is 3.29. The molecule has 2 unspecified atom stereocenters. The summed E-state index contributed by atoms with van der Waals surface area (Å²) in [6, 6.07) is 2.96. The van der Waals surface area contributed by atoms with E-state index in [0.29, 0.717) is 10.9 Å². The van der Waals surface area contributed by atoms with Crippen LogP contribution in [0.2, 0.25) is 0 Å². The van der Waals surface area contributed by atoms with E-state index in [1.165, 1.54) is 18.3 Å². The molecule has 0 spiro atoms. The van der Waals surface area contributed by atoms with Gasteiger partial charge in [0.05, 0.1) is 17.8 Å². The zero-order valence-corrected chi connectivity index (χ0v) is 12.9. The lowest BCUT2D eigenvalue weighted by atomic mass is 10.2. The second-order valence-electron chi connectivity index (χ2n) is 5.01. The lowest BCUT2D eigenvalue weighted by molar-refractivity contribution is 0.0696. The van der Waals surface area contributed by atoms with E-state index >= 15 is 0 Å². The quantitative estimate of drug-likeness (QED) is 0.890. The molecule has 1 fully saturated rings. The van der Waals surface area contributed by atoms with E-state index in [1.807, 2.05) is 23.6 Å². The van der Waals surface area contributed by atoms with Gasteiger partial charge in [-0.25, -0.2) is 9.59 Å². The van der Waals surface area contributed by atoms with Gasteiger partial charge < -0.3 is 15.3 Å². The maximum atomic E-state index is 12.2. The molecule has 0 bridgehead atoms. The Balaban J connectivity index is 1.94. The van der Waals surface area contributed by atoms with Crippen molar-refractivity contribution >= 4 is 23.8 Å². The van der Waals surface area contributed by atoms with E-state index in [-0.39, 0.29) is 24.2 Å². The van der Waals surface area contributed by atoms with Crippen LogP contribution in [-0.4, -0.2) is 50.6 Å². The highest BCUT2D eigenvalue weighted by Gasteiger charge is 2.28. The van der Waals surface area contributed by atoms with Crippen LogP contribution in [0.3, 0.4) is 0 Å². The minimum absolute atomic E-state index is 0.128. The summed E-state index contributed by atoms with van der Waals surface area (Å²) >= 11 is 1.87. The Morgan fingerprint density at radius 2 is 2.29 bits per heavy atom. The molecular formula is C14H19N3O3S. The number of urea groups is 1. The number of nitrogens with zero attached hydrogens (tertiary/aromatic N) is 2. The van der Waals surface area contributed by atoms with Crippen LogP contribution in [0.4, 0.5) is 4.79 Å². The average molecular weight is 309 g/mol. The molecule has 0 aromatic carbocycles. The number of hydrogen-bond acceptors (Lipinski definition) is 4. The third-order valence-corrected chi connectivity index (χ3v) is 4.97. The summed E-state index contributed by atoms with van der Waals surface area (Å²) in [5.41, 5.74) is 0.709. The molecule has 21 heavy (non-hydrogen) atoms. The molecule has 1 aliphatic rings. The first-order valence-corrected chi connectivity index (χ1v) is 7.88. The van der Waals surface area contributed by atoms with Gasteiger partial charge in [0.2, 0.25) is 0 Å². The lowest BCUT2D eigenvalue weighted by Gasteiger charge is -2.37. The van der Waals surface area contributed by atoms with Gasteiger partial charge in [0, 0.05) is 29.8 Å². The first kappa shape index (κ1) is 15.6. The number of carboxylic acids is 1. The molecule has 1 aliphatic heterocycles. The normalized spacial score (nSPS) is 21.9. The molecule has 1 saturated heterocycles. The number of rotatable bonds is 3. The van der Waals surface area contributed by atoms with Gasteiger partial charge >= 0.3 is 12.0 Å². The summed E-state index contributed by atoms with van der Waals surface area (Å²) in [5, 5.41) is 12.2. The first-order chi connectivity index (χ1) is 9.99. The monoisotopic (exact) mass is 309 g/mol. The van der Waals surface area contributed by atoms with Crippen molar-refractivity contribution in [2.45, 2.75) is 31.7 Å². The maximum absolute atomic E-state index is 12.2. The molecule has 0 saturated carbocycles. The fraction of sp³-hybridized carbons (Fsp3) is 0.500. The van der Waals surface area contributed by atoms with Crippen molar-refractivity contribution in [3.63, 3.8) is 0 Å². The maximum Gasteiger partial charge on any atom is 0.335 e. The Labute approximate surface area is 127 Å². The number of carbonyl (C=O) groups excluding carboxylic acids is 1. The highest BCUT2D eigenvalue weighted by atomic mass is 32.2. The molecular weight excluding hydrogens is 290 g/mol. The van der Waals surface area contributed by atoms with Crippen LogP contribution in [0.25, 0.3) is 0 Å². The number of pyridine rings is 1. The summed E-state index contributed by atoms with van der Waals surface area (Å²) in [7, 11) is 0. The van der Waals surface area contributed by atoms with Crippen LogP contribution < -0.4 is 5.32 Å². The van der Waals surface area contributed by atoms with Crippen LogP contribution in [0, 0.1) is 0 Å². The number of hydrogen-bond donors (Lipinski definition) is 2. The van der Waals surface area contributed by atoms with E-state index in [4.69, 9.17) is 5.11 Å². The Hall–Kier alpha value is -1.76. The minimum atomic E-state index is -1.000. The number of aromatic carboxylic acids is 1. The fourth-order valence-electron chi connectivity index (χ4n) is 2.20. The molecule has 114 valence electrons. The number of nitrogens with one attached hydrogen (secondary N) is 1. The molecule has 2 rings (SSSR count). The summed E-state index contributed by atoms with van der Waals surface area (Å²) in [5.74, 6) is -0.0634. The second-order valence-corrected chi connectivity index (χ2v) is 6.49. The van der Waals surface area contributed by atoms with Crippen molar-refractivity contribution in [2.75, 3.05) is 12.3 Å². The average Bonchev–Trinajstić information content (AvgIpc) is 2.48. The standard InChI is InChI=1S/C14H19N3O3S/c1-9-10(2)21-6-5-17(9)14(20)16-8-12-7-11(13(18)19)3-4-15-12/h3-4,7,9-10H,5-6,8H2,1-2H3,(H,16,20)(H,18,19). The van der Waals surface area contributed by atoms with Crippen LogP contribution in [0.5, 0.6) is 0 Å². The third-order valence-electron chi connectivity index (χ3n) is 3.63. The van der Waals surface area contributed by atoms with Gasteiger partial charge in [-0.3, -0.25) is 4.98 Å². The predicted octanol–water partition coefficient (Wildman–Crippen LogP) is 1.82. The number of amides is 2. The molecule has 0 aliphatic carbocycles. The highest BCUT2D eigenvalue weighted by molar-refractivity contribution is 8.00. The summed E-state index contributed by atoms with van der Waals surface area (Å²) in [6.45, 7) is 5.11. The Morgan fingerprint density at radius 1 is 1.52 bits per heavy atom. The number of thioether (sulfide) groups is 1. The third kappa shape index (κ3) is 3.87. The van der Waals surface area contributed by atoms with Crippen molar-refractivity contribution in [3.8, 4) is 0 Å². The van der Waals surface area contributed by atoms with E-state index in [9.17, 15) is 9.59 Å². The largest absolute Gasteiger partial charge is 0.478 e. The zero-order valence-electron chi connectivity index (χ0n) is 12.1. The van der Waals surface area contributed by atoms with E-state index in [2.05, 4.69) is 17.2 Å². The highest BCUT2D eigenvalue weighted by Crippen LogP contribution is 2.24. The Bertz CT molecular complexity index is 538. The molecule has 7 heteroatoms. The van der Waals surface area contributed by atoms with Gasteiger partial charge in [-0.1, -0.05) is 6.92 Å². The summed E-state index contributed by atoms with van der Waals surface area (Å²) in [6.07, 6.45) is 1.44. The van der Waals surface area contributed by atoms with E-state index in [0.717, 1.165) is 12.3 Å². The van der Waals surface area contributed by atoms with Gasteiger partial charge in [-0.05, 0) is 19.1 Å². The number of carboxylic acid groups (broad SMARTS) is 1. The molecule has 2 atom stereocenters. The van der Waals surface area contributed by atoms with Gasteiger partial charge in [0.15, 0.2) is 0 Å². The summed E-state index contributed by atoms with van der Waals surface area (Å²) in [4.78, 5) is 29.0. The molecule has 2 heterocycles. The van der Waals surface area contributed by atoms with Crippen LogP contribution in [0.15, 0.2) is 18.3 Å². The molecule has 2 N–H and O–H groups in total. The van der Waals surface area contributed by atoms with Crippen molar-refractivity contribution in [1.29, 1.82) is 0 Å². The van der Waals surface area contributed by atoms with Crippen molar-refractivity contribution < 1.29 is 14.7 Å². The van der Waals surface area contributed by atoms with E-state index < -0.39 is 5.97 Å². The Morgan fingerprint density at radius 3 is 3.00 bits per heavy atom. The van der Waals surface area contributed by atoms with Crippen molar-refractivity contribution in [2.24, 2.45) is 0 Å². The SMILES string of the molecule is CC1SCCN(C(=O)NCc2cc(C(=O)O)ccn2)C1C. The zero-order chi connectivity index (χ0) is 15.4. The molecule has 2 amide bonds. The van der Waals surface area contributed by atoms with Crippen LogP contribution in [0.1, 0.15) is 29.9 Å². The van der Waals surface area contributed by atoms with Crippen LogP contribution in [-0.2, 0) is 6.54 Å². The summed E-state index contributed by atoms with van der Waals surface area (Å²) < 4.78 is 0. The number of aromatic nitrogens is 1. The van der Waals surface area contributed by atoms with Gasteiger partial charge in [0.1, 0.15) is 0 Å². The lowest BCUT2D eigenvalue weighted by Crippen LogP contribution is -2.51. The van der Waals surface area contributed by atoms with E-state index in [1.54, 1.807) is 0 Å². The molecule has 6 nitrogen and oxygen atoms in total. The number of carbonyl (C=O) groups is 2. The predicted molar refractivity (Wildman–Crippen MR) is 81.5 cm³/mol. The van der Waals surface area contributed by atoms with Crippen LogP contribution >= 0.6 is 11.8 Å². The molecule has 0 radical (unpaired) electrons. The second kappa shape index (κ2) is 6.80. The van der Waals surface area contributed by atoms with Gasteiger partial charge in [0.25, 0.3) is 0 Å². The van der Waals surface area contributed by atoms with Crippen molar-refractivity contribution in [1.82, 2.24) is 15.2 Å². The topological polar surface area (TPSA) is 82.5 Å². The molecule has 1 aromatic heterocycles. The molecule has 1 aromatic rings. The van der Waals surface area contributed by atoms with Gasteiger partial charge in [-0.2, -0.15) is 11.8 Å². The smallest absolute Gasteiger partial charge is 0.335 e. The van der Waals surface area contributed by atoms with Crippen molar-refractivity contribution in [3.05, 3.63) is 29.6 Å². The minimum Gasteiger partial charge on any atom is -0.478 e. The first-order valence-electron chi connectivity index (χ1n) is 6.83.